The van der Waals surface area contributed by atoms with Crippen molar-refractivity contribution in [2.75, 3.05) is 18.1 Å². The van der Waals surface area contributed by atoms with E-state index in [1.165, 1.54) is 87.7 Å². The van der Waals surface area contributed by atoms with Gasteiger partial charge in [-0.1, -0.05) is 95.0 Å². The Labute approximate surface area is 155 Å². The lowest BCUT2D eigenvalue weighted by Gasteiger charge is -2.05. The minimum atomic E-state index is 0.754. The van der Waals surface area contributed by atoms with Crippen LogP contribution < -0.4 is 0 Å². The third-order valence-electron chi connectivity index (χ3n) is 4.33. The summed E-state index contributed by atoms with van der Waals surface area (Å²) in [6.07, 6.45) is 15.5. The van der Waals surface area contributed by atoms with E-state index < -0.39 is 0 Å². The summed E-state index contributed by atoms with van der Waals surface area (Å²) in [5, 5.41) is 0. The predicted octanol–water partition coefficient (Wildman–Crippen LogP) is 7.25. The summed E-state index contributed by atoms with van der Waals surface area (Å²) >= 11 is 2.10. The predicted molar refractivity (Wildman–Crippen MR) is 110 cm³/mol. The average molecular weight is 351 g/mol. The highest BCUT2D eigenvalue weighted by Gasteiger charge is 1.95. The van der Waals surface area contributed by atoms with E-state index in [0.717, 1.165) is 13.2 Å². The van der Waals surface area contributed by atoms with Crippen LogP contribution in [0.3, 0.4) is 0 Å². The van der Waals surface area contributed by atoms with E-state index >= 15 is 0 Å². The van der Waals surface area contributed by atoms with Crippen molar-refractivity contribution >= 4 is 11.8 Å². The molecule has 0 spiro atoms. The highest BCUT2D eigenvalue weighted by atomic mass is 32.2. The Morgan fingerprint density at radius 1 is 0.708 bits per heavy atom. The Balaban J connectivity index is 1.70. The summed E-state index contributed by atoms with van der Waals surface area (Å²) in [5.74, 6) is 2.57. The normalized spacial score (nSPS) is 11.0. The van der Waals surface area contributed by atoms with Crippen LogP contribution >= 0.6 is 11.8 Å². The van der Waals surface area contributed by atoms with Gasteiger partial charge in [-0.25, -0.2) is 0 Å². The quantitative estimate of drug-likeness (QED) is 0.274. The van der Waals surface area contributed by atoms with E-state index in [2.05, 4.69) is 43.0 Å². The van der Waals surface area contributed by atoms with Gasteiger partial charge in [0.15, 0.2) is 0 Å². The molecule has 138 valence electrons. The molecule has 0 amide bonds. The van der Waals surface area contributed by atoms with Crippen molar-refractivity contribution in [2.24, 2.45) is 0 Å². The first kappa shape index (κ1) is 21.6. The second kappa shape index (κ2) is 17.4. The summed E-state index contributed by atoms with van der Waals surface area (Å²) in [5.41, 5.74) is 1.27. The van der Waals surface area contributed by atoms with Gasteiger partial charge in [0.05, 0.1) is 6.61 Å². The molecule has 24 heavy (non-hydrogen) atoms. The molecule has 0 aromatic heterocycles. The first-order chi connectivity index (χ1) is 11.9. The van der Waals surface area contributed by atoms with E-state index in [9.17, 15) is 0 Å². The second-order valence-corrected chi connectivity index (χ2v) is 7.91. The summed E-state index contributed by atoms with van der Waals surface area (Å²) < 4.78 is 5.71. The molecule has 0 fully saturated rings. The zero-order chi connectivity index (χ0) is 17.1. The number of rotatable bonds is 17. The zero-order valence-corrected chi connectivity index (χ0v) is 16.6. The Morgan fingerprint density at radius 3 is 1.96 bits per heavy atom. The molecule has 1 rings (SSSR count). The van der Waals surface area contributed by atoms with Crippen molar-refractivity contribution in [3.8, 4) is 0 Å². The molecule has 0 saturated carbocycles. The molecular weight excluding hydrogens is 312 g/mol. The van der Waals surface area contributed by atoms with Gasteiger partial charge >= 0.3 is 0 Å². The van der Waals surface area contributed by atoms with Crippen molar-refractivity contribution in [3.05, 3.63) is 35.9 Å². The Kier molecular flexibility index (Phi) is 15.6. The van der Waals surface area contributed by atoms with Crippen molar-refractivity contribution in [2.45, 2.75) is 84.2 Å². The Hall–Kier alpha value is -0.470. The molecule has 0 aliphatic rings. The molecule has 0 bridgehead atoms. The second-order valence-electron chi connectivity index (χ2n) is 6.69. The molecule has 0 aliphatic carbocycles. The van der Waals surface area contributed by atoms with Gasteiger partial charge in [0.2, 0.25) is 0 Å². The standard InChI is InChI=1S/C22H38OS/c1-2-3-4-5-6-7-8-9-10-14-19-24-20-15-18-23-21-22-16-12-11-13-17-22/h11-13,16-17H,2-10,14-15,18-21H2,1H3. The molecule has 0 heterocycles. The minimum absolute atomic E-state index is 0.754. The lowest BCUT2D eigenvalue weighted by atomic mass is 10.1. The lowest BCUT2D eigenvalue weighted by Crippen LogP contribution is -1.97. The highest BCUT2D eigenvalue weighted by Crippen LogP contribution is 2.13. The van der Waals surface area contributed by atoms with Crippen molar-refractivity contribution in [3.63, 3.8) is 0 Å². The number of thioether (sulfide) groups is 1. The number of ether oxygens (including phenoxy) is 1. The highest BCUT2D eigenvalue weighted by molar-refractivity contribution is 7.99. The summed E-state index contributed by atoms with van der Waals surface area (Å²) in [6.45, 7) is 3.93. The zero-order valence-electron chi connectivity index (χ0n) is 15.8. The van der Waals surface area contributed by atoms with Crippen LogP contribution in [0.5, 0.6) is 0 Å². The molecule has 2 heteroatoms. The van der Waals surface area contributed by atoms with E-state index in [4.69, 9.17) is 4.74 Å². The van der Waals surface area contributed by atoms with Gasteiger partial charge in [-0.2, -0.15) is 11.8 Å². The number of unbranched alkanes of at least 4 members (excludes halogenated alkanes) is 9. The molecular formula is C22H38OS. The SMILES string of the molecule is CCCCCCCCCCCCSCCCOCc1ccccc1. The summed E-state index contributed by atoms with van der Waals surface area (Å²) in [4.78, 5) is 0. The van der Waals surface area contributed by atoms with Gasteiger partial charge in [-0.3, -0.25) is 0 Å². The van der Waals surface area contributed by atoms with Crippen LogP contribution in [0, 0.1) is 0 Å². The van der Waals surface area contributed by atoms with Crippen molar-refractivity contribution in [1.29, 1.82) is 0 Å². The lowest BCUT2D eigenvalue weighted by molar-refractivity contribution is 0.122. The molecule has 1 nitrogen and oxygen atoms in total. The Morgan fingerprint density at radius 2 is 1.29 bits per heavy atom. The molecule has 0 radical (unpaired) electrons. The van der Waals surface area contributed by atoms with Crippen molar-refractivity contribution < 1.29 is 4.74 Å². The van der Waals surface area contributed by atoms with Gasteiger partial charge in [-0.15, -0.1) is 0 Å². The van der Waals surface area contributed by atoms with Gasteiger partial charge in [0, 0.05) is 6.61 Å². The molecule has 0 atom stereocenters. The Bertz CT molecular complexity index is 352. The van der Waals surface area contributed by atoms with Crippen LogP contribution in [0.15, 0.2) is 30.3 Å². The fourth-order valence-corrected chi connectivity index (χ4v) is 3.76. The van der Waals surface area contributed by atoms with Crippen LogP contribution in [0.25, 0.3) is 0 Å². The molecule has 1 aromatic carbocycles. The molecule has 0 saturated heterocycles. The van der Waals surface area contributed by atoms with E-state index in [0.29, 0.717) is 0 Å². The smallest absolute Gasteiger partial charge is 0.0716 e. The van der Waals surface area contributed by atoms with Crippen molar-refractivity contribution in [1.82, 2.24) is 0 Å². The van der Waals surface area contributed by atoms with Crippen LogP contribution in [-0.4, -0.2) is 18.1 Å². The fourth-order valence-electron chi connectivity index (χ4n) is 2.82. The maximum atomic E-state index is 5.71. The number of benzene rings is 1. The molecule has 0 N–H and O–H groups in total. The van der Waals surface area contributed by atoms with E-state index in [1.807, 2.05) is 6.07 Å². The van der Waals surface area contributed by atoms with Crippen LogP contribution in [-0.2, 0) is 11.3 Å². The maximum absolute atomic E-state index is 5.71. The summed E-state index contributed by atoms with van der Waals surface area (Å²) in [6, 6.07) is 10.4. The van der Waals surface area contributed by atoms with Gasteiger partial charge in [0.25, 0.3) is 0 Å². The maximum Gasteiger partial charge on any atom is 0.0716 e. The monoisotopic (exact) mass is 350 g/mol. The first-order valence-corrected chi connectivity index (χ1v) is 11.3. The van der Waals surface area contributed by atoms with Gasteiger partial charge in [-0.05, 0) is 29.9 Å². The molecule has 0 aliphatic heterocycles. The van der Waals surface area contributed by atoms with Crippen LogP contribution in [0.2, 0.25) is 0 Å². The van der Waals surface area contributed by atoms with Crippen LogP contribution in [0.4, 0.5) is 0 Å². The van der Waals surface area contributed by atoms with Crippen LogP contribution in [0.1, 0.15) is 83.1 Å². The first-order valence-electron chi connectivity index (χ1n) is 10.1. The van der Waals surface area contributed by atoms with Gasteiger partial charge in [0.1, 0.15) is 0 Å². The van der Waals surface area contributed by atoms with E-state index in [-0.39, 0.29) is 0 Å². The average Bonchev–Trinajstić information content (AvgIpc) is 2.62. The third-order valence-corrected chi connectivity index (χ3v) is 5.49. The molecule has 0 unspecified atom stereocenters. The van der Waals surface area contributed by atoms with E-state index in [1.54, 1.807) is 0 Å². The summed E-state index contributed by atoms with van der Waals surface area (Å²) in [7, 11) is 0. The largest absolute Gasteiger partial charge is 0.377 e. The fraction of sp³-hybridized carbons (Fsp3) is 0.727. The molecule has 1 aromatic rings. The topological polar surface area (TPSA) is 9.23 Å². The number of hydrogen-bond acceptors (Lipinski definition) is 2. The number of hydrogen-bond donors (Lipinski definition) is 0. The third kappa shape index (κ3) is 13.9. The minimum Gasteiger partial charge on any atom is -0.377 e. The van der Waals surface area contributed by atoms with Gasteiger partial charge < -0.3 is 4.74 Å².